The summed E-state index contributed by atoms with van der Waals surface area (Å²) in [4.78, 5) is 0.342. The van der Waals surface area contributed by atoms with E-state index >= 15 is 0 Å². The molecule has 2 atom stereocenters. The lowest BCUT2D eigenvalue weighted by molar-refractivity contribution is 0.103. The van der Waals surface area contributed by atoms with Gasteiger partial charge in [0.1, 0.15) is 0 Å². The molecule has 0 saturated carbocycles. The van der Waals surface area contributed by atoms with Crippen LogP contribution in [0.25, 0.3) is 0 Å². The molecule has 3 nitrogen and oxygen atoms in total. The van der Waals surface area contributed by atoms with E-state index in [9.17, 15) is 13.5 Å². The van der Waals surface area contributed by atoms with Gasteiger partial charge in [-0.1, -0.05) is 42.5 Å². The first-order valence-electron chi connectivity index (χ1n) is 8.09. The van der Waals surface area contributed by atoms with Gasteiger partial charge in [-0.3, -0.25) is 0 Å². The third-order valence-electron chi connectivity index (χ3n) is 4.69. The molecule has 0 saturated heterocycles. The van der Waals surface area contributed by atoms with E-state index in [4.69, 9.17) is 0 Å². The number of hydrogen-bond donors (Lipinski definition) is 1. The summed E-state index contributed by atoms with van der Waals surface area (Å²) >= 11 is 0. The molecule has 4 heteroatoms. The molecule has 0 heterocycles. The Morgan fingerprint density at radius 1 is 0.870 bits per heavy atom. The van der Waals surface area contributed by atoms with E-state index < -0.39 is 15.9 Å². The second-order valence-electron chi connectivity index (χ2n) is 6.27. The molecule has 0 amide bonds. The minimum absolute atomic E-state index is 0.0142. The molecule has 1 N–H and O–H groups in total. The monoisotopic (exact) mass is 330 g/mol. The fraction of sp³-hybridized carbons (Fsp3) is 0.368. The van der Waals surface area contributed by atoms with Crippen LogP contribution >= 0.6 is 0 Å². The first-order valence-corrected chi connectivity index (χ1v) is 9.74. The molecule has 2 aromatic rings. The van der Waals surface area contributed by atoms with Crippen molar-refractivity contribution in [3.05, 3.63) is 65.7 Å². The standard InChI is InChI=1S/C19H22O3S/c20-19-13-12-16-7-5-4-6-15(16)10-11-17(19)14-23(21,22)18-8-2-1-3-9-18/h1-9,17,19-20H,10-14H2. The van der Waals surface area contributed by atoms with Gasteiger partial charge in [-0.25, -0.2) is 8.42 Å². The molecule has 0 aromatic heterocycles. The second-order valence-corrected chi connectivity index (χ2v) is 8.30. The van der Waals surface area contributed by atoms with Crippen LogP contribution in [0.5, 0.6) is 0 Å². The van der Waals surface area contributed by atoms with Gasteiger partial charge in [-0.05, 0) is 54.9 Å². The molecular weight excluding hydrogens is 308 g/mol. The molecule has 2 aromatic carbocycles. The van der Waals surface area contributed by atoms with Gasteiger partial charge in [0.15, 0.2) is 9.84 Å². The summed E-state index contributed by atoms with van der Waals surface area (Å²) in [6, 6.07) is 16.8. The minimum atomic E-state index is -3.36. The molecule has 0 spiro atoms. The fourth-order valence-electron chi connectivity index (χ4n) is 3.32. The molecule has 0 bridgehead atoms. The van der Waals surface area contributed by atoms with Gasteiger partial charge in [0, 0.05) is 0 Å². The van der Waals surface area contributed by atoms with E-state index in [1.54, 1.807) is 30.3 Å². The second kappa shape index (κ2) is 6.85. The summed E-state index contributed by atoms with van der Waals surface area (Å²) < 4.78 is 25.2. The van der Waals surface area contributed by atoms with Crippen LogP contribution < -0.4 is 0 Å². The maximum atomic E-state index is 12.6. The van der Waals surface area contributed by atoms with Crippen LogP contribution in [-0.4, -0.2) is 25.4 Å². The van der Waals surface area contributed by atoms with Crippen LogP contribution in [0.4, 0.5) is 0 Å². The molecule has 3 rings (SSSR count). The zero-order valence-electron chi connectivity index (χ0n) is 13.1. The van der Waals surface area contributed by atoms with E-state index in [1.807, 2.05) is 12.1 Å². The van der Waals surface area contributed by atoms with E-state index in [0.29, 0.717) is 17.7 Å². The van der Waals surface area contributed by atoms with Gasteiger partial charge in [0.25, 0.3) is 0 Å². The van der Waals surface area contributed by atoms with Crippen LogP contribution in [0.15, 0.2) is 59.5 Å². The molecular formula is C19H22O3S. The third kappa shape index (κ3) is 3.82. The fourth-order valence-corrected chi connectivity index (χ4v) is 5.03. The van der Waals surface area contributed by atoms with Crippen molar-refractivity contribution in [2.24, 2.45) is 5.92 Å². The lowest BCUT2D eigenvalue weighted by Crippen LogP contribution is -2.30. The van der Waals surface area contributed by atoms with Crippen LogP contribution in [0.2, 0.25) is 0 Å². The van der Waals surface area contributed by atoms with Crippen molar-refractivity contribution in [3.8, 4) is 0 Å². The molecule has 0 radical (unpaired) electrons. The number of rotatable bonds is 3. The Morgan fingerprint density at radius 2 is 1.43 bits per heavy atom. The van der Waals surface area contributed by atoms with E-state index in [1.165, 1.54) is 11.1 Å². The quantitative estimate of drug-likeness (QED) is 0.941. The third-order valence-corrected chi connectivity index (χ3v) is 6.55. The summed E-state index contributed by atoms with van der Waals surface area (Å²) in [5.41, 5.74) is 2.55. The molecule has 23 heavy (non-hydrogen) atoms. The maximum Gasteiger partial charge on any atom is 0.178 e. The van der Waals surface area contributed by atoms with Crippen molar-refractivity contribution in [2.45, 2.75) is 36.7 Å². The van der Waals surface area contributed by atoms with Gasteiger partial charge < -0.3 is 5.11 Å². The predicted octanol–water partition coefficient (Wildman–Crippen LogP) is 3.02. The van der Waals surface area contributed by atoms with Crippen molar-refractivity contribution >= 4 is 9.84 Å². The zero-order valence-corrected chi connectivity index (χ0v) is 13.9. The molecule has 2 unspecified atom stereocenters. The Kier molecular flexibility index (Phi) is 4.83. The number of aliphatic hydroxyl groups excluding tert-OH is 1. The highest BCUT2D eigenvalue weighted by atomic mass is 32.2. The largest absolute Gasteiger partial charge is 0.393 e. The van der Waals surface area contributed by atoms with Crippen LogP contribution in [0.3, 0.4) is 0 Å². The highest BCUT2D eigenvalue weighted by Crippen LogP contribution is 2.27. The molecule has 1 aliphatic rings. The Bertz CT molecular complexity index is 753. The Balaban J connectivity index is 1.78. The minimum Gasteiger partial charge on any atom is -0.393 e. The number of aryl methyl sites for hydroxylation is 2. The van der Waals surface area contributed by atoms with Crippen LogP contribution in [-0.2, 0) is 22.7 Å². The Morgan fingerprint density at radius 3 is 2.09 bits per heavy atom. The summed E-state index contributed by atoms with van der Waals surface area (Å²) in [5, 5.41) is 10.4. The van der Waals surface area contributed by atoms with E-state index in [-0.39, 0.29) is 11.7 Å². The number of benzene rings is 2. The maximum absolute atomic E-state index is 12.6. The number of hydrogen-bond acceptors (Lipinski definition) is 3. The normalized spacial score (nSPS) is 22.0. The van der Waals surface area contributed by atoms with Crippen LogP contribution in [0, 0.1) is 5.92 Å². The zero-order chi connectivity index (χ0) is 16.3. The summed E-state index contributed by atoms with van der Waals surface area (Å²) in [7, 11) is -3.36. The van der Waals surface area contributed by atoms with Crippen molar-refractivity contribution in [3.63, 3.8) is 0 Å². The Labute approximate surface area is 137 Å². The van der Waals surface area contributed by atoms with Crippen molar-refractivity contribution in [2.75, 3.05) is 5.75 Å². The van der Waals surface area contributed by atoms with Gasteiger partial charge in [0.2, 0.25) is 0 Å². The predicted molar refractivity (Wildman–Crippen MR) is 91.1 cm³/mol. The van der Waals surface area contributed by atoms with Crippen molar-refractivity contribution in [1.82, 2.24) is 0 Å². The average molecular weight is 330 g/mol. The molecule has 1 aliphatic carbocycles. The van der Waals surface area contributed by atoms with Gasteiger partial charge in [0.05, 0.1) is 16.8 Å². The molecule has 0 fully saturated rings. The Hall–Kier alpha value is -1.65. The SMILES string of the molecule is O=S(=O)(CC1CCc2ccccc2CCC1O)c1ccccc1. The van der Waals surface area contributed by atoms with Gasteiger partial charge in [-0.2, -0.15) is 0 Å². The molecule has 122 valence electrons. The van der Waals surface area contributed by atoms with Crippen molar-refractivity contribution in [1.29, 1.82) is 0 Å². The smallest absolute Gasteiger partial charge is 0.178 e. The lowest BCUT2D eigenvalue weighted by Gasteiger charge is -2.26. The summed E-state index contributed by atoms with van der Waals surface area (Å²) in [6.45, 7) is 0. The van der Waals surface area contributed by atoms with E-state index in [2.05, 4.69) is 12.1 Å². The van der Waals surface area contributed by atoms with Gasteiger partial charge >= 0.3 is 0 Å². The lowest BCUT2D eigenvalue weighted by atomic mass is 9.86. The van der Waals surface area contributed by atoms with Crippen molar-refractivity contribution < 1.29 is 13.5 Å². The highest BCUT2D eigenvalue weighted by Gasteiger charge is 2.28. The number of sulfone groups is 1. The number of aliphatic hydroxyl groups is 1. The summed E-state index contributed by atoms with van der Waals surface area (Å²) in [5.74, 6) is -0.200. The molecule has 0 aliphatic heterocycles. The highest BCUT2D eigenvalue weighted by molar-refractivity contribution is 7.91. The summed E-state index contributed by atoms with van der Waals surface area (Å²) in [6.07, 6.45) is 2.37. The van der Waals surface area contributed by atoms with Crippen LogP contribution in [0.1, 0.15) is 24.0 Å². The van der Waals surface area contributed by atoms with E-state index in [0.717, 1.165) is 12.8 Å². The first-order chi connectivity index (χ1) is 11.1. The number of fused-ring (bicyclic) bond motifs is 1. The average Bonchev–Trinajstić information content (AvgIpc) is 2.56. The van der Waals surface area contributed by atoms with Gasteiger partial charge in [-0.15, -0.1) is 0 Å². The topological polar surface area (TPSA) is 54.4 Å². The first kappa shape index (κ1) is 16.2.